The van der Waals surface area contributed by atoms with Gasteiger partial charge in [0, 0.05) is 6.08 Å². The molecule has 0 aliphatic carbocycles. The molecule has 0 saturated heterocycles. The fourth-order valence-corrected chi connectivity index (χ4v) is 3.41. The minimum atomic E-state index is -3.68. The number of hydrogen-bond donors (Lipinski definition) is 1. The van der Waals surface area contributed by atoms with Crippen LogP contribution in [-0.4, -0.2) is 28.5 Å². The van der Waals surface area contributed by atoms with Crippen molar-refractivity contribution in [2.45, 2.75) is 31.3 Å². The number of rotatable bonds is 8. The van der Waals surface area contributed by atoms with Crippen LogP contribution in [0, 0.1) is 0 Å². The molecule has 0 amide bonds. The van der Waals surface area contributed by atoms with E-state index < -0.39 is 16.0 Å². The van der Waals surface area contributed by atoms with E-state index in [9.17, 15) is 13.2 Å². The smallest absolute Gasteiger partial charge is 0.331 e. The number of sulfonamides is 1. The molecule has 2 aromatic carbocycles. The Morgan fingerprint density at radius 1 is 1.14 bits per heavy atom. The van der Waals surface area contributed by atoms with Crippen molar-refractivity contribution in [1.82, 2.24) is 4.72 Å². The second-order valence-corrected chi connectivity index (χ2v) is 8.31. The highest BCUT2D eigenvalue weighted by Crippen LogP contribution is 2.25. The fourth-order valence-electron chi connectivity index (χ4n) is 2.48. The Morgan fingerprint density at radius 2 is 1.82 bits per heavy atom. The van der Waals surface area contributed by atoms with Gasteiger partial charge in [0.2, 0.25) is 10.0 Å². The predicted molar refractivity (Wildman–Crippen MR) is 109 cm³/mol. The normalized spacial score (nSPS) is 11.8. The Kier molecular flexibility index (Phi) is 7.37. The first kappa shape index (κ1) is 21.7. The monoisotopic (exact) mass is 403 g/mol. The van der Waals surface area contributed by atoms with Crippen LogP contribution in [0.4, 0.5) is 0 Å². The molecule has 7 heteroatoms. The standard InChI is InChI=1S/C21H25NO5S/c1-15(2)18-9-5-17(6-10-18)14-27-21(23)12-8-16-7-11-19(26-4)20(13-16)28(24,25)22-3/h5-13,15,22H,14H2,1-4H3/b12-8+. The van der Waals surface area contributed by atoms with Gasteiger partial charge in [0.05, 0.1) is 7.11 Å². The minimum Gasteiger partial charge on any atom is -0.495 e. The lowest BCUT2D eigenvalue weighted by atomic mass is 10.0. The molecule has 2 rings (SSSR count). The van der Waals surface area contributed by atoms with E-state index in [1.807, 2.05) is 24.3 Å². The van der Waals surface area contributed by atoms with Gasteiger partial charge < -0.3 is 9.47 Å². The van der Waals surface area contributed by atoms with E-state index in [1.54, 1.807) is 6.07 Å². The zero-order valence-electron chi connectivity index (χ0n) is 16.4. The van der Waals surface area contributed by atoms with E-state index in [0.717, 1.165) is 5.56 Å². The maximum absolute atomic E-state index is 12.1. The van der Waals surface area contributed by atoms with Crippen LogP contribution in [0.2, 0.25) is 0 Å². The number of carbonyl (C=O) groups is 1. The second kappa shape index (κ2) is 9.52. The quantitative estimate of drug-likeness (QED) is 0.539. The topological polar surface area (TPSA) is 81.7 Å². The van der Waals surface area contributed by atoms with Crippen molar-refractivity contribution in [2.24, 2.45) is 0 Å². The molecule has 0 aliphatic rings. The van der Waals surface area contributed by atoms with Crippen LogP contribution in [0.1, 0.15) is 36.5 Å². The van der Waals surface area contributed by atoms with Crippen molar-refractivity contribution >= 4 is 22.1 Å². The van der Waals surface area contributed by atoms with Gasteiger partial charge in [-0.3, -0.25) is 0 Å². The summed E-state index contributed by atoms with van der Waals surface area (Å²) in [5.74, 6) is 0.154. The van der Waals surface area contributed by atoms with Crippen molar-refractivity contribution in [3.8, 4) is 5.75 Å². The molecule has 0 bridgehead atoms. The van der Waals surface area contributed by atoms with E-state index >= 15 is 0 Å². The molecule has 0 radical (unpaired) electrons. The van der Waals surface area contributed by atoms with Gasteiger partial charge in [-0.15, -0.1) is 0 Å². The number of hydrogen-bond acceptors (Lipinski definition) is 5. The van der Waals surface area contributed by atoms with Crippen LogP contribution >= 0.6 is 0 Å². The molecule has 2 aromatic rings. The second-order valence-electron chi connectivity index (χ2n) is 6.46. The summed E-state index contributed by atoms with van der Waals surface area (Å²) >= 11 is 0. The van der Waals surface area contributed by atoms with E-state index in [2.05, 4.69) is 18.6 Å². The van der Waals surface area contributed by atoms with E-state index in [1.165, 1.54) is 44.0 Å². The number of esters is 1. The summed E-state index contributed by atoms with van der Waals surface area (Å²) in [5, 5.41) is 0. The first-order valence-corrected chi connectivity index (χ1v) is 10.3. The number of methoxy groups -OCH3 is 1. The Balaban J connectivity index is 2.04. The lowest BCUT2D eigenvalue weighted by molar-refractivity contribution is -0.138. The molecule has 0 saturated carbocycles. The highest BCUT2D eigenvalue weighted by molar-refractivity contribution is 7.89. The third-order valence-electron chi connectivity index (χ3n) is 4.19. The van der Waals surface area contributed by atoms with Crippen LogP contribution < -0.4 is 9.46 Å². The Labute approximate surface area is 166 Å². The van der Waals surface area contributed by atoms with Crippen molar-refractivity contribution in [3.05, 3.63) is 65.2 Å². The first-order valence-electron chi connectivity index (χ1n) is 8.82. The SMILES string of the molecule is CNS(=O)(=O)c1cc(/C=C/C(=O)OCc2ccc(C(C)C)cc2)ccc1OC. The van der Waals surface area contributed by atoms with Crippen LogP contribution in [0.25, 0.3) is 6.08 Å². The van der Waals surface area contributed by atoms with Crippen molar-refractivity contribution < 1.29 is 22.7 Å². The molecular formula is C21H25NO5S. The summed E-state index contributed by atoms with van der Waals surface area (Å²) in [6.45, 7) is 4.40. The molecular weight excluding hydrogens is 378 g/mol. The van der Waals surface area contributed by atoms with Gasteiger partial charge in [-0.1, -0.05) is 44.2 Å². The van der Waals surface area contributed by atoms with Crippen molar-refractivity contribution in [2.75, 3.05) is 14.2 Å². The summed E-state index contributed by atoms with van der Waals surface area (Å²) in [5.41, 5.74) is 2.66. The maximum Gasteiger partial charge on any atom is 0.331 e. The highest BCUT2D eigenvalue weighted by Gasteiger charge is 2.17. The van der Waals surface area contributed by atoms with Crippen molar-refractivity contribution in [3.63, 3.8) is 0 Å². The molecule has 0 aliphatic heterocycles. The van der Waals surface area contributed by atoms with Gasteiger partial charge in [-0.25, -0.2) is 17.9 Å². The minimum absolute atomic E-state index is 0.00161. The van der Waals surface area contributed by atoms with Gasteiger partial charge in [0.15, 0.2) is 0 Å². The van der Waals surface area contributed by atoms with E-state index in [4.69, 9.17) is 9.47 Å². The fraction of sp³-hybridized carbons (Fsp3) is 0.286. The summed E-state index contributed by atoms with van der Waals surface area (Å²) in [4.78, 5) is 12.0. The largest absolute Gasteiger partial charge is 0.495 e. The van der Waals surface area contributed by atoms with Gasteiger partial charge in [-0.05, 0) is 47.9 Å². The van der Waals surface area contributed by atoms with Crippen LogP contribution in [0.3, 0.4) is 0 Å². The molecule has 6 nitrogen and oxygen atoms in total. The van der Waals surface area contributed by atoms with Crippen LogP contribution in [0.15, 0.2) is 53.4 Å². The summed E-state index contributed by atoms with van der Waals surface area (Å²) in [6.07, 6.45) is 2.76. The molecule has 0 fully saturated rings. The van der Waals surface area contributed by atoms with Gasteiger partial charge >= 0.3 is 5.97 Å². The third kappa shape index (κ3) is 5.68. The summed E-state index contributed by atoms with van der Waals surface area (Å²) < 4.78 is 36.8. The van der Waals surface area contributed by atoms with E-state index in [0.29, 0.717) is 11.5 Å². The van der Waals surface area contributed by atoms with Crippen LogP contribution in [-0.2, 0) is 26.2 Å². The molecule has 0 spiro atoms. The molecule has 0 heterocycles. The predicted octanol–water partition coefficient (Wildman–Crippen LogP) is 3.48. The lowest BCUT2D eigenvalue weighted by Crippen LogP contribution is -2.19. The Hall–Kier alpha value is -2.64. The molecule has 1 N–H and O–H groups in total. The lowest BCUT2D eigenvalue weighted by Gasteiger charge is -2.09. The third-order valence-corrected chi connectivity index (χ3v) is 5.62. The number of carbonyl (C=O) groups excluding carboxylic acids is 1. The molecule has 0 atom stereocenters. The molecule has 0 unspecified atom stereocenters. The number of benzene rings is 2. The van der Waals surface area contributed by atoms with E-state index in [-0.39, 0.29) is 17.3 Å². The van der Waals surface area contributed by atoms with Gasteiger partial charge in [0.25, 0.3) is 0 Å². The Morgan fingerprint density at radius 3 is 2.39 bits per heavy atom. The zero-order valence-corrected chi connectivity index (χ0v) is 17.2. The molecule has 28 heavy (non-hydrogen) atoms. The maximum atomic E-state index is 12.1. The average molecular weight is 404 g/mol. The van der Waals surface area contributed by atoms with Crippen molar-refractivity contribution in [1.29, 1.82) is 0 Å². The molecule has 0 aromatic heterocycles. The first-order chi connectivity index (χ1) is 13.3. The number of nitrogens with one attached hydrogen (secondary N) is 1. The van der Waals surface area contributed by atoms with Crippen LogP contribution in [0.5, 0.6) is 5.75 Å². The highest BCUT2D eigenvalue weighted by atomic mass is 32.2. The zero-order chi connectivity index (χ0) is 20.7. The number of ether oxygens (including phenoxy) is 2. The summed E-state index contributed by atoms with van der Waals surface area (Å²) in [6, 6.07) is 12.5. The average Bonchev–Trinajstić information content (AvgIpc) is 2.70. The summed E-state index contributed by atoms with van der Waals surface area (Å²) in [7, 11) is -0.968. The van der Waals surface area contributed by atoms with Gasteiger partial charge in [-0.2, -0.15) is 0 Å². The Bertz CT molecular complexity index is 947. The molecule has 150 valence electrons. The van der Waals surface area contributed by atoms with Gasteiger partial charge in [0.1, 0.15) is 17.3 Å².